The molecule has 0 saturated carbocycles. The molecule has 32 heavy (non-hydrogen) atoms. The van der Waals surface area contributed by atoms with Crippen molar-refractivity contribution in [3.63, 3.8) is 0 Å². The Labute approximate surface area is 190 Å². The van der Waals surface area contributed by atoms with Crippen LogP contribution in [0.25, 0.3) is 0 Å². The quantitative estimate of drug-likeness (QED) is 0.513. The fourth-order valence-corrected chi connectivity index (χ4v) is 4.36. The van der Waals surface area contributed by atoms with Crippen LogP contribution in [0.4, 0.5) is 5.69 Å². The van der Waals surface area contributed by atoms with E-state index in [0.29, 0.717) is 17.8 Å². The molecule has 0 unspecified atom stereocenters. The van der Waals surface area contributed by atoms with Crippen LogP contribution in [0, 0.1) is 6.92 Å². The molecule has 3 aromatic rings. The minimum atomic E-state index is -3.47. The molecular formula is C25H28N2O4S. The van der Waals surface area contributed by atoms with Gasteiger partial charge in [0.25, 0.3) is 5.91 Å². The van der Waals surface area contributed by atoms with Crippen molar-refractivity contribution in [2.75, 3.05) is 24.7 Å². The first-order valence-electron chi connectivity index (χ1n) is 10.2. The summed E-state index contributed by atoms with van der Waals surface area (Å²) in [5, 5.41) is 0. The average molecular weight is 453 g/mol. The van der Waals surface area contributed by atoms with Crippen LogP contribution in [0.3, 0.4) is 0 Å². The van der Waals surface area contributed by atoms with Gasteiger partial charge in [-0.2, -0.15) is 0 Å². The Bertz CT molecular complexity index is 1190. The maximum atomic E-state index is 12.9. The third-order valence-corrected chi connectivity index (χ3v) is 6.30. The van der Waals surface area contributed by atoms with Crippen LogP contribution in [0.2, 0.25) is 0 Å². The Balaban J connectivity index is 1.75. The van der Waals surface area contributed by atoms with Crippen molar-refractivity contribution in [1.29, 1.82) is 0 Å². The second-order valence-electron chi connectivity index (χ2n) is 7.78. The topological polar surface area (TPSA) is 66.9 Å². The number of ether oxygens (including phenoxy) is 1. The SMILES string of the molecule is COc1ccccc1CN(C)C(=O)c1ccc(CN(c2cccc(C)c2)S(C)(=O)=O)cc1. The second kappa shape index (κ2) is 9.87. The molecule has 0 fully saturated rings. The summed E-state index contributed by atoms with van der Waals surface area (Å²) < 4.78 is 31.5. The summed E-state index contributed by atoms with van der Waals surface area (Å²) in [6, 6.07) is 22.0. The highest BCUT2D eigenvalue weighted by Crippen LogP contribution is 2.23. The number of sulfonamides is 1. The van der Waals surface area contributed by atoms with Crippen LogP contribution in [0.1, 0.15) is 27.0 Å². The third kappa shape index (κ3) is 5.68. The lowest BCUT2D eigenvalue weighted by molar-refractivity contribution is 0.0784. The number of hydrogen-bond donors (Lipinski definition) is 0. The molecule has 0 saturated heterocycles. The fraction of sp³-hybridized carbons (Fsp3) is 0.240. The van der Waals surface area contributed by atoms with Crippen LogP contribution < -0.4 is 9.04 Å². The minimum absolute atomic E-state index is 0.124. The van der Waals surface area contributed by atoms with Crippen molar-refractivity contribution >= 4 is 21.6 Å². The lowest BCUT2D eigenvalue weighted by atomic mass is 10.1. The molecule has 0 atom stereocenters. The highest BCUT2D eigenvalue weighted by Gasteiger charge is 2.19. The molecule has 0 aliphatic rings. The van der Waals surface area contributed by atoms with Crippen LogP contribution in [-0.4, -0.2) is 39.6 Å². The van der Waals surface area contributed by atoms with Crippen molar-refractivity contribution in [3.05, 3.63) is 95.1 Å². The van der Waals surface area contributed by atoms with E-state index in [9.17, 15) is 13.2 Å². The molecule has 1 amide bonds. The van der Waals surface area contributed by atoms with Gasteiger partial charge in [0.15, 0.2) is 0 Å². The maximum absolute atomic E-state index is 12.9. The van der Waals surface area contributed by atoms with Gasteiger partial charge in [0.05, 0.1) is 25.6 Å². The largest absolute Gasteiger partial charge is 0.496 e. The first kappa shape index (κ1) is 23.3. The third-order valence-electron chi connectivity index (χ3n) is 5.16. The summed E-state index contributed by atoms with van der Waals surface area (Å²) in [5.74, 6) is 0.612. The number of carbonyl (C=O) groups is 1. The molecule has 3 rings (SSSR count). The summed E-state index contributed by atoms with van der Waals surface area (Å²) in [6.45, 7) is 2.53. The number of para-hydroxylation sites is 1. The number of benzene rings is 3. The van der Waals surface area contributed by atoms with E-state index < -0.39 is 10.0 Å². The van der Waals surface area contributed by atoms with Crippen molar-refractivity contribution < 1.29 is 17.9 Å². The zero-order valence-corrected chi connectivity index (χ0v) is 19.6. The van der Waals surface area contributed by atoms with Crippen LogP contribution in [0.5, 0.6) is 5.75 Å². The highest BCUT2D eigenvalue weighted by atomic mass is 32.2. The van der Waals surface area contributed by atoms with E-state index in [1.54, 1.807) is 49.4 Å². The molecular weight excluding hydrogens is 424 g/mol. The van der Waals surface area contributed by atoms with Crippen LogP contribution in [0.15, 0.2) is 72.8 Å². The second-order valence-corrected chi connectivity index (χ2v) is 9.69. The Hall–Kier alpha value is -3.32. The molecule has 0 bridgehead atoms. The summed E-state index contributed by atoms with van der Waals surface area (Å²) in [5.41, 5.74) is 3.84. The van der Waals surface area contributed by atoms with E-state index in [2.05, 4.69) is 0 Å². The molecule has 6 nitrogen and oxygen atoms in total. The summed E-state index contributed by atoms with van der Waals surface area (Å²) in [4.78, 5) is 14.5. The first-order chi connectivity index (χ1) is 15.2. The molecule has 0 aliphatic carbocycles. The summed E-state index contributed by atoms with van der Waals surface area (Å²) in [7, 11) is -0.119. The Morgan fingerprint density at radius 2 is 1.62 bits per heavy atom. The number of amides is 1. The number of anilines is 1. The van der Waals surface area contributed by atoms with Gasteiger partial charge in [0.2, 0.25) is 10.0 Å². The van der Waals surface area contributed by atoms with E-state index >= 15 is 0 Å². The van der Waals surface area contributed by atoms with E-state index in [1.807, 2.05) is 49.4 Å². The molecule has 0 aromatic heterocycles. The molecule has 0 spiro atoms. The van der Waals surface area contributed by atoms with Crippen molar-refractivity contribution in [3.8, 4) is 5.75 Å². The van der Waals surface area contributed by atoms with Crippen molar-refractivity contribution in [2.24, 2.45) is 0 Å². The number of aryl methyl sites for hydroxylation is 1. The molecule has 168 valence electrons. The van der Waals surface area contributed by atoms with Gasteiger partial charge in [0, 0.05) is 24.7 Å². The fourth-order valence-electron chi connectivity index (χ4n) is 3.48. The summed E-state index contributed by atoms with van der Waals surface area (Å²) in [6.07, 6.45) is 1.19. The smallest absolute Gasteiger partial charge is 0.253 e. The average Bonchev–Trinajstić information content (AvgIpc) is 2.77. The van der Waals surface area contributed by atoms with E-state index in [4.69, 9.17) is 4.74 Å². The first-order valence-corrected chi connectivity index (χ1v) is 12.0. The molecule has 0 heterocycles. The zero-order valence-electron chi connectivity index (χ0n) is 18.8. The number of rotatable bonds is 8. The van der Waals surface area contributed by atoms with Crippen molar-refractivity contribution in [1.82, 2.24) is 4.90 Å². The molecule has 0 radical (unpaired) electrons. The monoisotopic (exact) mass is 452 g/mol. The van der Waals surface area contributed by atoms with E-state index in [-0.39, 0.29) is 12.5 Å². The van der Waals surface area contributed by atoms with Gasteiger partial charge < -0.3 is 9.64 Å². The standard InChI is InChI=1S/C25H28N2O4S/c1-19-8-7-10-23(16-19)27(32(4,29)30)17-20-12-14-21(15-13-20)25(28)26(2)18-22-9-5-6-11-24(22)31-3/h5-16H,17-18H2,1-4H3. The molecule has 0 N–H and O–H groups in total. The van der Waals surface area contributed by atoms with Gasteiger partial charge in [-0.1, -0.05) is 42.5 Å². The highest BCUT2D eigenvalue weighted by molar-refractivity contribution is 7.92. The molecule has 7 heteroatoms. The Morgan fingerprint density at radius 3 is 2.25 bits per heavy atom. The lowest BCUT2D eigenvalue weighted by Crippen LogP contribution is -2.29. The molecule has 0 aliphatic heterocycles. The number of methoxy groups -OCH3 is 1. The van der Waals surface area contributed by atoms with E-state index in [0.717, 1.165) is 22.4 Å². The van der Waals surface area contributed by atoms with Crippen LogP contribution in [-0.2, 0) is 23.1 Å². The number of carbonyl (C=O) groups excluding carboxylic acids is 1. The normalized spacial score (nSPS) is 11.1. The van der Waals surface area contributed by atoms with Crippen molar-refractivity contribution in [2.45, 2.75) is 20.0 Å². The minimum Gasteiger partial charge on any atom is -0.496 e. The Kier molecular flexibility index (Phi) is 7.20. The number of nitrogens with zero attached hydrogens (tertiary/aromatic N) is 2. The van der Waals surface area contributed by atoms with Crippen LogP contribution >= 0.6 is 0 Å². The van der Waals surface area contributed by atoms with Gasteiger partial charge in [-0.05, 0) is 48.4 Å². The summed E-state index contributed by atoms with van der Waals surface area (Å²) >= 11 is 0. The van der Waals surface area contributed by atoms with Gasteiger partial charge in [0.1, 0.15) is 5.75 Å². The zero-order chi connectivity index (χ0) is 23.3. The van der Waals surface area contributed by atoms with E-state index in [1.165, 1.54) is 10.6 Å². The van der Waals surface area contributed by atoms with Gasteiger partial charge >= 0.3 is 0 Å². The maximum Gasteiger partial charge on any atom is 0.253 e. The van der Waals surface area contributed by atoms with Gasteiger partial charge in [-0.15, -0.1) is 0 Å². The lowest BCUT2D eigenvalue weighted by Gasteiger charge is -2.23. The van der Waals surface area contributed by atoms with Gasteiger partial charge in [-0.3, -0.25) is 9.10 Å². The number of hydrogen-bond acceptors (Lipinski definition) is 4. The Morgan fingerprint density at radius 1 is 0.938 bits per heavy atom. The molecule has 3 aromatic carbocycles. The van der Waals surface area contributed by atoms with Gasteiger partial charge in [-0.25, -0.2) is 8.42 Å². The predicted octanol–water partition coefficient (Wildman–Crippen LogP) is 4.24. The predicted molar refractivity (Wildman–Crippen MR) is 127 cm³/mol.